The van der Waals surface area contributed by atoms with Crippen LogP contribution >= 0.6 is 15.9 Å². The fourth-order valence-electron chi connectivity index (χ4n) is 2.22. The van der Waals surface area contributed by atoms with Gasteiger partial charge in [0.15, 0.2) is 0 Å². The second kappa shape index (κ2) is 7.56. The Labute approximate surface area is 132 Å². The van der Waals surface area contributed by atoms with Gasteiger partial charge in [-0.05, 0) is 17.7 Å². The summed E-state index contributed by atoms with van der Waals surface area (Å²) in [4.78, 5) is 25.5. The minimum atomic E-state index is -0.323. The van der Waals surface area contributed by atoms with Crippen molar-refractivity contribution in [3.63, 3.8) is 0 Å². The summed E-state index contributed by atoms with van der Waals surface area (Å²) < 4.78 is 10.1. The van der Waals surface area contributed by atoms with Gasteiger partial charge in [-0.3, -0.25) is 9.59 Å². The zero-order valence-electron chi connectivity index (χ0n) is 11.9. The first-order chi connectivity index (χ1) is 10.1. The number of carbonyl (C=O) groups excluding carboxylic acids is 2. The fraction of sp³-hybridized carbons (Fsp3) is 0.467. The Morgan fingerprint density at radius 3 is 2.71 bits per heavy atom. The second-order valence-corrected chi connectivity index (χ2v) is 5.42. The quantitative estimate of drug-likeness (QED) is 0.612. The third-order valence-corrected chi connectivity index (χ3v) is 4.05. The van der Waals surface area contributed by atoms with Crippen molar-refractivity contribution in [2.45, 2.75) is 17.9 Å². The average Bonchev–Trinajstić information content (AvgIpc) is 2.54. The number of hydrogen-bond donors (Lipinski definition) is 0. The van der Waals surface area contributed by atoms with Crippen molar-refractivity contribution in [3.05, 3.63) is 35.4 Å². The van der Waals surface area contributed by atoms with Crippen molar-refractivity contribution in [2.75, 3.05) is 26.8 Å². The molecule has 1 aromatic rings. The summed E-state index contributed by atoms with van der Waals surface area (Å²) in [7, 11) is 1.35. The molecule has 0 aliphatic carbocycles. The highest BCUT2D eigenvalue weighted by Gasteiger charge is 2.26. The molecule has 1 aliphatic heterocycles. The molecule has 1 unspecified atom stereocenters. The first-order valence-corrected chi connectivity index (χ1v) is 7.88. The number of benzene rings is 1. The summed E-state index contributed by atoms with van der Waals surface area (Å²) in [6.45, 7) is 1.39. The molecule has 0 N–H and O–H groups in total. The van der Waals surface area contributed by atoms with E-state index in [1.807, 2.05) is 24.3 Å². The van der Waals surface area contributed by atoms with E-state index in [1.54, 1.807) is 4.90 Å². The predicted molar refractivity (Wildman–Crippen MR) is 81.3 cm³/mol. The van der Waals surface area contributed by atoms with Gasteiger partial charge in [0.2, 0.25) is 0 Å². The van der Waals surface area contributed by atoms with Gasteiger partial charge >= 0.3 is 5.97 Å². The van der Waals surface area contributed by atoms with Crippen molar-refractivity contribution in [1.82, 2.24) is 4.90 Å². The van der Waals surface area contributed by atoms with Crippen molar-refractivity contribution in [1.29, 1.82) is 0 Å². The number of halogens is 1. The monoisotopic (exact) mass is 355 g/mol. The Bertz CT molecular complexity index is 503. The zero-order valence-corrected chi connectivity index (χ0v) is 13.5. The van der Waals surface area contributed by atoms with Gasteiger partial charge in [0.25, 0.3) is 5.91 Å². The van der Waals surface area contributed by atoms with Crippen LogP contribution in [0.3, 0.4) is 0 Å². The van der Waals surface area contributed by atoms with E-state index >= 15 is 0 Å². The van der Waals surface area contributed by atoms with Crippen LogP contribution in [0.25, 0.3) is 0 Å². The second-order valence-electron chi connectivity index (χ2n) is 4.85. The summed E-state index contributed by atoms with van der Waals surface area (Å²) in [6.07, 6.45) is -0.125. The molecule has 1 aromatic carbocycles. The van der Waals surface area contributed by atoms with E-state index in [1.165, 1.54) is 7.11 Å². The Morgan fingerprint density at radius 2 is 2.10 bits per heavy atom. The molecule has 6 heteroatoms. The highest BCUT2D eigenvalue weighted by Crippen LogP contribution is 2.14. The molecule has 1 amide bonds. The molecule has 2 rings (SSSR count). The highest BCUT2D eigenvalue weighted by atomic mass is 79.9. The van der Waals surface area contributed by atoms with Crippen LogP contribution in [0, 0.1) is 0 Å². The lowest BCUT2D eigenvalue weighted by molar-refractivity contribution is -0.145. The topological polar surface area (TPSA) is 55.8 Å². The number of alkyl halides is 1. The Kier molecular flexibility index (Phi) is 5.76. The number of ether oxygens (including phenoxy) is 2. The van der Waals surface area contributed by atoms with Gasteiger partial charge in [-0.2, -0.15) is 0 Å². The van der Waals surface area contributed by atoms with Gasteiger partial charge in [0, 0.05) is 24.0 Å². The molecule has 0 radical (unpaired) electrons. The summed E-state index contributed by atoms with van der Waals surface area (Å²) in [5.74, 6) is -0.356. The maximum Gasteiger partial charge on any atom is 0.308 e. The van der Waals surface area contributed by atoms with Gasteiger partial charge in [-0.25, -0.2) is 0 Å². The number of hydrogen-bond acceptors (Lipinski definition) is 4. The summed E-state index contributed by atoms with van der Waals surface area (Å²) in [5, 5.41) is 0.764. The van der Waals surface area contributed by atoms with Crippen LogP contribution in [0.4, 0.5) is 0 Å². The number of nitrogens with zero attached hydrogens (tertiary/aromatic N) is 1. The molecule has 5 nitrogen and oxygen atoms in total. The number of rotatable bonds is 4. The van der Waals surface area contributed by atoms with E-state index in [9.17, 15) is 9.59 Å². The Hall–Kier alpha value is -1.40. The Morgan fingerprint density at radius 1 is 1.38 bits per heavy atom. The molecule has 1 heterocycles. The van der Waals surface area contributed by atoms with Crippen LogP contribution in [0.15, 0.2) is 24.3 Å². The SMILES string of the molecule is COC(=O)CC1CN(C(=O)c2ccc(CBr)cc2)CCO1. The highest BCUT2D eigenvalue weighted by molar-refractivity contribution is 9.08. The molecule has 1 aliphatic rings. The van der Waals surface area contributed by atoms with E-state index < -0.39 is 0 Å². The van der Waals surface area contributed by atoms with E-state index in [0.717, 1.165) is 10.9 Å². The van der Waals surface area contributed by atoms with E-state index in [4.69, 9.17) is 4.74 Å². The lowest BCUT2D eigenvalue weighted by Crippen LogP contribution is -2.46. The first kappa shape index (κ1) is 16.0. The lowest BCUT2D eigenvalue weighted by atomic mass is 10.1. The molecule has 0 spiro atoms. The third kappa shape index (κ3) is 4.28. The fourth-order valence-corrected chi connectivity index (χ4v) is 2.59. The van der Waals surface area contributed by atoms with Gasteiger partial charge < -0.3 is 14.4 Å². The van der Waals surface area contributed by atoms with Crippen molar-refractivity contribution in [3.8, 4) is 0 Å². The van der Waals surface area contributed by atoms with E-state index in [0.29, 0.717) is 25.3 Å². The number of methoxy groups -OCH3 is 1. The van der Waals surface area contributed by atoms with Crippen LogP contribution in [0.5, 0.6) is 0 Å². The third-order valence-electron chi connectivity index (χ3n) is 3.40. The van der Waals surface area contributed by atoms with Gasteiger partial charge in [-0.1, -0.05) is 28.1 Å². The smallest absolute Gasteiger partial charge is 0.308 e. The predicted octanol–water partition coefficient (Wildman–Crippen LogP) is 1.99. The molecule has 1 fully saturated rings. The molecular formula is C15H18BrNO4. The van der Waals surface area contributed by atoms with Gasteiger partial charge in [0.05, 0.1) is 26.2 Å². The summed E-state index contributed by atoms with van der Waals surface area (Å²) >= 11 is 3.38. The molecule has 0 aromatic heterocycles. The standard InChI is InChI=1S/C15H18BrNO4/c1-20-14(18)8-13-10-17(6-7-21-13)15(19)12-4-2-11(9-16)3-5-12/h2-5,13H,6-10H2,1H3. The average molecular weight is 356 g/mol. The summed E-state index contributed by atoms with van der Waals surface area (Å²) in [6, 6.07) is 7.50. The van der Waals surface area contributed by atoms with Crippen LogP contribution in [0.2, 0.25) is 0 Å². The van der Waals surface area contributed by atoms with E-state index in [-0.39, 0.29) is 24.4 Å². The van der Waals surface area contributed by atoms with Crippen LogP contribution in [-0.4, -0.2) is 49.7 Å². The molecule has 21 heavy (non-hydrogen) atoms. The number of morpholine rings is 1. The number of amides is 1. The minimum absolute atomic E-state index is 0.0331. The maximum atomic E-state index is 12.4. The van der Waals surface area contributed by atoms with Gasteiger partial charge in [-0.15, -0.1) is 0 Å². The molecule has 1 saturated heterocycles. The molecule has 1 atom stereocenters. The van der Waals surface area contributed by atoms with Crippen molar-refractivity contribution < 1.29 is 19.1 Å². The van der Waals surface area contributed by atoms with Crippen LogP contribution in [-0.2, 0) is 19.6 Å². The molecule has 114 valence electrons. The summed E-state index contributed by atoms with van der Waals surface area (Å²) in [5.41, 5.74) is 1.77. The number of carbonyl (C=O) groups is 2. The van der Waals surface area contributed by atoms with Crippen molar-refractivity contribution in [2.24, 2.45) is 0 Å². The maximum absolute atomic E-state index is 12.4. The number of esters is 1. The minimum Gasteiger partial charge on any atom is -0.469 e. The van der Waals surface area contributed by atoms with Crippen molar-refractivity contribution >= 4 is 27.8 Å². The van der Waals surface area contributed by atoms with Crippen LogP contribution in [0.1, 0.15) is 22.3 Å². The zero-order chi connectivity index (χ0) is 15.2. The first-order valence-electron chi connectivity index (χ1n) is 6.76. The van der Waals surface area contributed by atoms with E-state index in [2.05, 4.69) is 20.7 Å². The Balaban J connectivity index is 1.99. The normalized spacial score (nSPS) is 18.4. The lowest BCUT2D eigenvalue weighted by Gasteiger charge is -2.32. The molecule has 0 saturated carbocycles. The van der Waals surface area contributed by atoms with Gasteiger partial charge in [0.1, 0.15) is 0 Å². The molecule has 0 bridgehead atoms. The largest absolute Gasteiger partial charge is 0.469 e. The molecular weight excluding hydrogens is 338 g/mol. The van der Waals surface area contributed by atoms with Crippen LogP contribution < -0.4 is 0 Å².